The molecule has 0 unspecified atom stereocenters. The zero-order chi connectivity index (χ0) is 23.3. The molecule has 0 heterocycles. The molecule has 0 aliphatic rings. The van der Waals surface area contributed by atoms with Gasteiger partial charge in [0.1, 0.15) is 18.1 Å². The van der Waals surface area contributed by atoms with Crippen molar-refractivity contribution in [3.05, 3.63) is 59.7 Å². The Morgan fingerprint density at radius 3 is 1.71 bits per heavy atom. The van der Waals surface area contributed by atoms with Crippen molar-refractivity contribution >= 4 is 13.6 Å². The fourth-order valence-corrected chi connectivity index (χ4v) is 4.32. The van der Waals surface area contributed by atoms with E-state index in [1.807, 2.05) is 0 Å². The third-order valence-corrected chi connectivity index (χ3v) is 5.66. The molecule has 0 aromatic heterocycles. The third kappa shape index (κ3) is 8.83. The largest absolute Gasteiger partial charge is 0.508 e. The molecule has 1 N–H and O–H groups in total. The summed E-state index contributed by atoms with van der Waals surface area (Å²) in [5, 5.41) is 9.34. The fourth-order valence-electron chi connectivity index (χ4n) is 2.53. The number of phosphoric acid groups is 1. The van der Waals surface area contributed by atoms with E-state index in [-0.39, 0.29) is 24.7 Å². The van der Waals surface area contributed by atoms with Crippen molar-refractivity contribution in [1.82, 2.24) is 0 Å². The van der Waals surface area contributed by atoms with Crippen LogP contribution in [0, 0.1) is 0 Å². The van der Waals surface area contributed by atoms with E-state index >= 15 is 0 Å². The van der Waals surface area contributed by atoms with Crippen molar-refractivity contribution in [2.75, 3.05) is 13.2 Å². The van der Waals surface area contributed by atoms with Crippen LogP contribution in [0.2, 0.25) is 0 Å². The maximum atomic E-state index is 13.0. The second-order valence-corrected chi connectivity index (χ2v) is 10.5. The maximum Gasteiger partial charge on any atom is 0.475 e. The summed E-state index contributed by atoms with van der Waals surface area (Å²) in [6.45, 7) is 10.7. The zero-order valence-electron chi connectivity index (χ0n) is 18.9. The molecular formula is C23H31O7P. The Balaban J connectivity index is 1.91. The van der Waals surface area contributed by atoms with Crippen molar-refractivity contribution in [2.24, 2.45) is 0 Å². The number of phenols is 1. The summed E-state index contributed by atoms with van der Waals surface area (Å²) < 4.78 is 35.1. The molecule has 7 nitrogen and oxygen atoms in total. The number of carbonyl (C=O) groups is 1. The number of hydrogen-bond donors (Lipinski definition) is 1. The van der Waals surface area contributed by atoms with Gasteiger partial charge in [0.2, 0.25) is 0 Å². The average molecular weight is 450 g/mol. The van der Waals surface area contributed by atoms with Crippen LogP contribution in [-0.2, 0) is 18.1 Å². The molecule has 170 valence electrons. The van der Waals surface area contributed by atoms with Gasteiger partial charge in [0.25, 0.3) is 0 Å². The maximum absolute atomic E-state index is 13.0. The first kappa shape index (κ1) is 25.1. The normalized spacial score (nSPS) is 12.6. The van der Waals surface area contributed by atoms with Gasteiger partial charge in [0.15, 0.2) is 5.78 Å². The van der Waals surface area contributed by atoms with Gasteiger partial charge in [-0.1, -0.05) is 0 Å². The molecule has 8 heteroatoms. The van der Waals surface area contributed by atoms with Crippen LogP contribution >= 0.6 is 7.82 Å². The van der Waals surface area contributed by atoms with Crippen LogP contribution in [0.3, 0.4) is 0 Å². The van der Waals surface area contributed by atoms with Crippen molar-refractivity contribution in [3.8, 4) is 11.5 Å². The zero-order valence-corrected chi connectivity index (χ0v) is 19.8. The monoisotopic (exact) mass is 450 g/mol. The lowest BCUT2D eigenvalue weighted by molar-refractivity contribution is 0.000185. The molecule has 0 saturated carbocycles. The molecule has 0 spiro atoms. The smallest absolute Gasteiger partial charge is 0.475 e. The van der Waals surface area contributed by atoms with Gasteiger partial charge in [-0.25, -0.2) is 4.57 Å². The SMILES string of the molecule is CC(C)(C)OP(=O)(OCCOc1ccc(C(=O)c2ccc(O)cc2)cc1)OC(C)(C)C. The molecule has 0 aliphatic heterocycles. The Morgan fingerprint density at radius 1 is 0.806 bits per heavy atom. The van der Waals surface area contributed by atoms with Crippen LogP contribution in [0.15, 0.2) is 48.5 Å². The quantitative estimate of drug-likeness (QED) is 0.295. The van der Waals surface area contributed by atoms with E-state index in [0.717, 1.165) is 0 Å². The minimum Gasteiger partial charge on any atom is -0.508 e. The van der Waals surface area contributed by atoms with E-state index in [1.165, 1.54) is 12.1 Å². The lowest BCUT2D eigenvalue weighted by atomic mass is 10.0. The van der Waals surface area contributed by atoms with E-state index < -0.39 is 19.0 Å². The molecule has 0 bridgehead atoms. The highest BCUT2D eigenvalue weighted by Crippen LogP contribution is 2.55. The number of ketones is 1. The van der Waals surface area contributed by atoms with Gasteiger partial charge < -0.3 is 9.84 Å². The van der Waals surface area contributed by atoms with E-state index in [2.05, 4.69) is 0 Å². The highest BCUT2D eigenvalue weighted by molar-refractivity contribution is 7.48. The second kappa shape index (κ2) is 9.96. The Labute approximate surface area is 183 Å². The Bertz CT molecular complexity index is 887. The predicted octanol–water partition coefficient (Wildman–Crippen LogP) is 5.76. The number of ether oxygens (including phenoxy) is 1. The number of phosphoric ester groups is 1. The summed E-state index contributed by atoms with van der Waals surface area (Å²) in [6, 6.07) is 12.7. The third-order valence-electron chi connectivity index (χ3n) is 3.62. The van der Waals surface area contributed by atoms with Gasteiger partial charge in [-0.2, -0.15) is 0 Å². The van der Waals surface area contributed by atoms with Crippen molar-refractivity contribution in [3.63, 3.8) is 0 Å². The molecule has 2 aromatic carbocycles. The molecule has 2 aromatic rings. The molecule has 0 atom stereocenters. The van der Waals surface area contributed by atoms with Gasteiger partial charge in [0.05, 0.1) is 17.8 Å². The summed E-state index contributed by atoms with van der Waals surface area (Å²) in [5.74, 6) is 0.483. The molecule has 0 amide bonds. The number of carbonyl (C=O) groups excluding carboxylic acids is 1. The first-order valence-corrected chi connectivity index (χ1v) is 11.5. The van der Waals surface area contributed by atoms with Crippen molar-refractivity contribution in [1.29, 1.82) is 0 Å². The number of rotatable bonds is 9. The summed E-state index contributed by atoms with van der Waals surface area (Å²) in [7, 11) is -3.78. The van der Waals surface area contributed by atoms with Crippen LogP contribution < -0.4 is 4.74 Å². The molecule has 0 saturated heterocycles. The first-order chi connectivity index (χ1) is 14.3. The molecule has 0 radical (unpaired) electrons. The number of aromatic hydroxyl groups is 1. The lowest BCUT2D eigenvalue weighted by Crippen LogP contribution is -2.25. The number of phenolic OH excluding ortho intramolecular Hbond substituents is 1. The molecular weight excluding hydrogens is 419 g/mol. The second-order valence-electron chi connectivity index (χ2n) is 8.94. The van der Waals surface area contributed by atoms with E-state index in [4.69, 9.17) is 18.3 Å². The van der Waals surface area contributed by atoms with Gasteiger partial charge >= 0.3 is 7.82 Å². The van der Waals surface area contributed by atoms with Crippen LogP contribution in [0.4, 0.5) is 0 Å². The van der Waals surface area contributed by atoms with E-state index in [9.17, 15) is 14.5 Å². The molecule has 0 aliphatic carbocycles. The fraction of sp³-hybridized carbons (Fsp3) is 0.435. The molecule has 0 fully saturated rings. The minimum atomic E-state index is -3.78. The topological polar surface area (TPSA) is 91.3 Å². The lowest BCUT2D eigenvalue weighted by Gasteiger charge is -2.30. The summed E-state index contributed by atoms with van der Waals surface area (Å²) in [5.41, 5.74) is -0.438. The summed E-state index contributed by atoms with van der Waals surface area (Å²) >= 11 is 0. The molecule has 31 heavy (non-hydrogen) atoms. The highest BCUT2D eigenvalue weighted by Gasteiger charge is 2.37. The van der Waals surface area contributed by atoms with Crippen LogP contribution in [0.25, 0.3) is 0 Å². The van der Waals surface area contributed by atoms with Gasteiger partial charge in [0, 0.05) is 11.1 Å². The predicted molar refractivity (Wildman–Crippen MR) is 119 cm³/mol. The van der Waals surface area contributed by atoms with Crippen molar-refractivity contribution in [2.45, 2.75) is 52.7 Å². The highest BCUT2D eigenvalue weighted by atomic mass is 31.2. The Kier molecular flexibility index (Phi) is 8.06. The Morgan fingerprint density at radius 2 is 1.26 bits per heavy atom. The van der Waals surface area contributed by atoms with E-state index in [0.29, 0.717) is 16.9 Å². The van der Waals surface area contributed by atoms with Crippen LogP contribution in [-0.4, -0.2) is 35.3 Å². The van der Waals surface area contributed by atoms with Gasteiger partial charge in [-0.3, -0.25) is 18.4 Å². The van der Waals surface area contributed by atoms with Crippen LogP contribution in [0.1, 0.15) is 57.5 Å². The van der Waals surface area contributed by atoms with Crippen LogP contribution in [0.5, 0.6) is 11.5 Å². The standard InChI is InChI=1S/C23H31O7P/c1-22(2,3)29-31(26,30-23(4,5)6)28-16-15-27-20-13-9-18(10-14-20)21(25)17-7-11-19(24)12-8-17/h7-14,24H,15-16H2,1-6H3. The van der Waals surface area contributed by atoms with Crippen molar-refractivity contribution < 1.29 is 32.8 Å². The minimum absolute atomic E-state index is 0.00235. The number of benzene rings is 2. The number of hydrogen-bond acceptors (Lipinski definition) is 7. The molecule has 2 rings (SSSR count). The summed E-state index contributed by atoms with van der Waals surface area (Å²) in [6.07, 6.45) is 0. The average Bonchev–Trinajstić information content (AvgIpc) is 2.63. The Hall–Kier alpha value is -2.18. The first-order valence-electron chi connectivity index (χ1n) is 9.99. The van der Waals surface area contributed by atoms with Gasteiger partial charge in [-0.05, 0) is 90.1 Å². The summed E-state index contributed by atoms with van der Waals surface area (Å²) in [4.78, 5) is 12.5. The van der Waals surface area contributed by atoms with E-state index in [1.54, 1.807) is 77.9 Å². The van der Waals surface area contributed by atoms with Gasteiger partial charge in [-0.15, -0.1) is 0 Å².